The Hall–Kier alpha value is -4.57. The third kappa shape index (κ3) is 5.72. The number of ketones is 1. The van der Waals surface area contributed by atoms with Gasteiger partial charge in [0, 0.05) is 36.4 Å². The number of pyridine rings is 2. The summed E-state index contributed by atoms with van der Waals surface area (Å²) in [7, 11) is 0. The predicted molar refractivity (Wildman–Crippen MR) is 143 cm³/mol. The molecular weight excluding hydrogens is 543 g/mol. The number of hydrogen-bond acceptors (Lipinski definition) is 5. The highest BCUT2D eigenvalue weighted by Gasteiger charge is 2.24. The van der Waals surface area contributed by atoms with Gasteiger partial charge in [-0.3, -0.25) is 14.6 Å². The van der Waals surface area contributed by atoms with Crippen LogP contribution in [0, 0.1) is 17.5 Å². The second-order valence-corrected chi connectivity index (χ2v) is 9.62. The maximum Gasteiger partial charge on any atom is 0.251 e. The lowest BCUT2D eigenvalue weighted by molar-refractivity contribution is -0.120. The number of amides is 1. The molecule has 0 fully saturated rings. The first-order valence-corrected chi connectivity index (χ1v) is 12.5. The molecule has 5 aromatic rings. The molecule has 40 heavy (non-hydrogen) atoms. The van der Waals surface area contributed by atoms with Crippen LogP contribution in [-0.2, 0) is 17.8 Å². The van der Waals surface area contributed by atoms with Crippen LogP contribution in [0.3, 0.4) is 0 Å². The lowest BCUT2D eigenvalue weighted by Crippen LogP contribution is -2.17. The van der Waals surface area contributed by atoms with Crippen LogP contribution in [-0.4, -0.2) is 31.2 Å². The fourth-order valence-electron chi connectivity index (χ4n) is 4.76. The minimum atomic E-state index is -0.936. The summed E-state index contributed by atoms with van der Waals surface area (Å²) in [4.78, 5) is 37.9. The van der Waals surface area contributed by atoms with E-state index in [1.54, 1.807) is 22.8 Å². The molecule has 3 aromatic heterocycles. The Kier molecular flexibility index (Phi) is 7.61. The largest absolute Gasteiger partial charge is 0.366 e. The van der Waals surface area contributed by atoms with Crippen LogP contribution in [0.2, 0.25) is 5.15 Å². The second kappa shape index (κ2) is 11.3. The van der Waals surface area contributed by atoms with Gasteiger partial charge in [0.05, 0.1) is 29.6 Å². The van der Waals surface area contributed by atoms with Crippen LogP contribution in [0.25, 0.3) is 22.2 Å². The van der Waals surface area contributed by atoms with Gasteiger partial charge in [-0.05, 0) is 53.9 Å². The summed E-state index contributed by atoms with van der Waals surface area (Å²) in [5.74, 6) is -4.04. The van der Waals surface area contributed by atoms with Crippen molar-refractivity contribution in [3.05, 3.63) is 113 Å². The molecule has 0 unspecified atom stereocenters. The molecular formula is C29H21ClF3N5O2. The van der Waals surface area contributed by atoms with Gasteiger partial charge in [-0.25, -0.2) is 23.1 Å². The van der Waals surface area contributed by atoms with E-state index in [9.17, 15) is 22.8 Å². The number of rotatable bonds is 9. The number of nitrogens with two attached hydrogens (primary N) is 1. The number of imidazole rings is 1. The van der Waals surface area contributed by atoms with Gasteiger partial charge in [0.1, 0.15) is 23.0 Å². The minimum Gasteiger partial charge on any atom is -0.366 e. The lowest BCUT2D eigenvalue weighted by Gasteiger charge is -2.20. The van der Waals surface area contributed by atoms with E-state index in [1.807, 2.05) is 0 Å². The molecule has 0 saturated heterocycles. The zero-order valence-electron chi connectivity index (χ0n) is 20.8. The number of fused-ring (bicyclic) bond motifs is 1. The second-order valence-electron chi connectivity index (χ2n) is 9.26. The molecule has 0 bridgehead atoms. The number of nitrogens with zero attached hydrogens (tertiary/aromatic N) is 4. The van der Waals surface area contributed by atoms with Gasteiger partial charge in [0.15, 0.2) is 10.9 Å². The molecule has 202 valence electrons. The zero-order valence-corrected chi connectivity index (χ0v) is 21.6. The van der Waals surface area contributed by atoms with Crippen LogP contribution in [0.5, 0.6) is 0 Å². The third-order valence-electron chi connectivity index (χ3n) is 6.49. The average Bonchev–Trinajstić information content (AvgIpc) is 3.31. The Morgan fingerprint density at radius 1 is 0.950 bits per heavy atom. The van der Waals surface area contributed by atoms with E-state index in [1.165, 1.54) is 43.0 Å². The Bertz CT molecular complexity index is 1740. The van der Waals surface area contributed by atoms with Gasteiger partial charge < -0.3 is 10.3 Å². The van der Waals surface area contributed by atoms with Crippen molar-refractivity contribution in [1.82, 2.24) is 19.5 Å². The smallest absolute Gasteiger partial charge is 0.251 e. The van der Waals surface area contributed by atoms with Crippen molar-refractivity contribution in [1.29, 1.82) is 0 Å². The lowest BCUT2D eigenvalue weighted by atomic mass is 9.86. The highest BCUT2D eigenvalue weighted by Crippen LogP contribution is 2.33. The van der Waals surface area contributed by atoms with Crippen molar-refractivity contribution in [3.8, 4) is 11.1 Å². The van der Waals surface area contributed by atoms with Crippen molar-refractivity contribution >= 4 is 34.3 Å². The first kappa shape index (κ1) is 27.0. The number of carbonyl (C=O) groups is 2. The summed E-state index contributed by atoms with van der Waals surface area (Å²) in [6.07, 6.45) is 4.56. The molecule has 0 aliphatic carbocycles. The Morgan fingerprint density at radius 2 is 1.73 bits per heavy atom. The summed E-state index contributed by atoms with van der Waals surface area (Å²) in [6.45, 7) is -0.0462. The zero-order chi connectivity index (χ0) is 28.4. The van der Waals surface area contributed by atoms with E-state index in [2.05, 4.69) is 15.0 Å². The van der Waals surface area contributed by atoms with E-state index in [4.69, 9.17) is 17.3 Å². The molecule has 1 atom stereocenters. The van der Waals surface area contributed by atoms with Crippen molar-refractivity contribution in [2.75, 3.05) is 0 Å². The molecule has 0 aliphatic rings. The molecule has 11 heteroatoms. The topological polar surface area (TPSA) is 104 Å². The van der Waals surface area contributed by atoms with Gasteiger partial charge in [-0.1, -0.05) is 23.7 Å². The van der Waals surface area contributed by atoms with Crippen LogP contribution >= 0.6 is 11.6 Å². The number of Topliss-reactive ketones (excluding diaryl/α,β-unsaturated/α-hetero) is 1. The Balaban J connectivity index is 1.53. The molecule has 3 heterocycles. The first-order valence-electron chi connectivity index (χ1n) is 12.2. The number of halogens is 4. The fraction of sp³-hybridized carbons (Fsp3) is 0.138. The number of carbonyl (C=O) groups excluding carboxylic acids is 2. The van der Waals surface area contributed by atoms with E-state index in [0.29, 0.717) is 33.4 Å². The van der Waals surface area contributed by atoms with Crippen molar-refractivity contribution < 1.29 is 22.8 Å². The Labute approximate surface area is 231 Å². The summed E-state index contributed by atoms with van der Waals surface area (Å²) in [5, 5.41) is 0.211. The molecule has 0 radical (unpaired) electrons. The maximum atomic E-state index is 14.2. The molecule has 2 aromatic carbocycles. The van der Waals surface area contributed by atoms with Crippen LogP contribution in [0.4, 0.5) is 13.2 Å². The molecule has 1 amide bonds. The van der Waals surface area contributed by atoms with Gasteiger partial charge in [0.2, 0.25) is 0 Å². The quantitative estimate of drug-likeness (QED) is 0.233. The maximum absolute atomic E-state index is 14.2. The molecule has 5 rings (SSSR count). The monoisotopic (exact) mass is 563 g/mol. The van der Waals surface area contributed by atoms with Crippen molar-refractivity contribution in [2.45, 2.75) is 25.3 Å². The van der Waals surface area contributed by atoms with E-state index >= 15 is 0 Å². The summed E-state index contributed by atoms with van der Waals surface area (Å²) >= 11 is 6.11. The SMILES string of the molecule is NC(=O)c1cc(-c2cccnc2[C@@H](CC(=O)Cn2cnc3c(Cl)nccc32)Cc2cc(F)cc(F)c2)ccc1F. The summed E-state index contributed by atoms with van der Waals surface area (Å²) < 4.78 is 43.9. The number of aromatic nitrogens is 4. The molecule has 2 N–H and O–H groups in total. The number of primary amides is 1. The van der Waals surface area contributed by atoms with E-state index in [-0.39, 0.29) is 35.9 Å². The van der Waals surface area contributed by atoms with Crippen LogP contribution in [0.15, 0.2) is 73.3 Å². The third-order valence-corrected chi connectivity index (χ3v) is 6.76. The molecule has 7 nitrogen and oxygen atoms in total. The van der Waals surface area contributed by atoms with Gasteiger partial charge in [-0.2, -0.15) is 0 Å². The van der Waals surface area contributed by atoms with Gasteiger partial charge in [0.25, 0.3) is 5.91 Å². The van der Waals surface area contributed by atoms with Crippen molar-refractivity contribution in [3.63, 3.8) is 0 Å². The number of benzene rings is 2. The fourth-order valence-corrected chi connectivity index (χ4v) is 4.96. The highest BCUT2D eigenvalue weighted by molar-refractivity contribution is 6.33. The number of hydrogen-bond donors (Lipinski definition) is 1. The van der Waals surface area contributed by atoms with Crippen LogP contribution < -0.4 is 5.73 Å². The minimum absolute atomic E-state index is 0.0462. The summed E-state index contributed by atoms with van der Waals surface area (Å²) in [5.41, 5.74) is 7.85. The standard InChI is InChI=1S/C29H21ClF3N5O2/c30-28-27-25(5-7-36-28)38(15-37-27)14-21(39)11-18(8-16-9-19(31)13-20(32)10-16)26-22(2-1-6-35-26)17-3-4-24(33)23(12-17)29(34)40/h1-7,9-10,12-13,15,18H,8,11,14H2,(H2,34,40)/t18-/m1/s1. The van der Waals surface area contributed by atoms with E-state index in [0.717, 1.165) is 12.1 Å². The predicted octanol–water partition coefficient (Wildman–Crippen LogP) is 5.65. The van der Waals surface area contributed by atoms with Gasteiger partial charge >= 0.3 is 0 Å². The van der Waals surface area contributed by atoms with Gasteiger partial charge in [-0.15, -0.1) is 0 Å². The van der Waals surface area contributed by atoms with Crippen LogP contribution in [0.1, 0.15) is 34.0 Å². The summed E-state index contributed by atoms with van der Waals surface area (Å²) in [6, 6.07) is 12.1. The Morgan fingerprint density at radius 3 is 2.48 bits per heavy atom. The highest BCUT2D eigenvalue weighted by atomic mass is 35.5. The molecule has 0 aliphatic heterocycles. The molecule has 0 spiro atoms. The normalized spacial score (nSPS) is 12.0. The van der Waals surface area contributed by atoms with Crippen molar-refractivity contribution in [2.24, 2.45) is 5.73 Å². The average molecular weight is 564 g/mol. The first-order chi connectivity index (χ1) is 19.2. The van der Waals surface area contributed by atoms with E-state index < -0.39 is 29.3 Å². The molecule has 0 saturated carbocycles.